The van der Waals surface area contributed by atoms with Crippen molar-refractivity contribution in [3.05, 3.63) is 108 Å². The van der Waals surface area contributed by atoms with Crippen molar-refractivity contribution in [1.82, 2.24) is 0 Å². The second-order valence-electron chi connectivity index (χ2n) is 7.78. The highest BCUT2D eigenvalue weighted by Gasteiger charge is 2.47. The fraction of sp³-hybridized carbons (Fsp3) is 0.185. The van der Waals surface area contributed by atoms with Crippen LogP contribution in [0.5, 0.6) is 0 Å². The molecular formula is C27H23NO. The number of carbonyl (C=O) groups is 1. The molecule has 2 atom stereocenters. The summed E-state index contributed by atoms with van der Waals surface area (Å²) >= 11 is 0. The maximum atomic E-state index is 13.4. The van der Waals surface area contributed by atoms with Gasteiger partial charge in [0.25, 0.3) is 0 Å². The number of fused-ring (bicyclic) bond motifs is 1. The molecule has 0 N–H and O–H groups in total. The molecule has 0 amide bonds. The van der Waals surface area contributed by atoms with E-state index in [1.165, 1.54) is 5.57 Å². The van der Waals surface area contributed by atoms with Gasteiger partial charge >= 0.3 is 0 Å². The van der Waals surface area contributed by atoms with Gasteiger partial charge in [0.15, 0.2) is 5.78 Å². The highest BCUT2D eigenvalue weighted by Crippen LogP contribution is 2.49. The van der Waals surface area contributed by atoms with Gasteiger partial charge < -0.3 is 0 Å². The van der Waals surface area contributed by atoms with E-state index in [0.717, 1.165) is 35.1 Å². The minimum absolute atomic E-state index is 0.215. The average molecular weight is 377 g/mol. The van der Waals surface area contributed by atoms with Crippen molar-refractivity contribution < 1.29 is 4.79 Å². The van der Waals surface area contributed by atoms with E-state index in [4.69, 9.17) is 5.26 Å². The summed E-state index contributed by atoms with van der Waals surface area (Å²) in [6, 6.07) is 15.8. The fourth-order valence-corrected chi connectivity index (χ4v) is 4.55. The van der Waals surface area contributed by atoms with Crippen LogP contribution in [0.1, 0.15) is 34.8 Å². The van der Waals surface area contributed by atoms with E-state index in [1.807, 2.05) is 37.3 Å². The highest BCUT2D eigenvalue weighted by atomic mass is 16.1. The van der Waals surface area contributed by atoms with Crippen LogP contribution in [0, 0.1) is 22.7 Å². The number of nitrogens with zero attached hydrogens (tertiary/aromatic N) is 1. The third kappa shape index (κ3) is 3.30. The molecule has 0 bridgehead atoms. The van der Waals surface area contributed by atoms with E-state index in [9.17, 15) is 4.79 Å². The summed E-state index contributed by atoms with van der Waals surface area (Å²) in [6.07, 6.45) is 13.8. The molecule has 2 aliphatic carbocycles. The summed E-state index contributed by atoms with van der Waals surface area (Å²) in [7, 11) is 0. The van der Waals surface area contributed by atoms with Crippen LogP contribution in [-0.2, 0) is 6.42 Å². The Kier molecular flexibility index (Phi) is 4.91. The van der Waals surface area contributed by atoms with Crippen molar-refractivity contribution in [2.24, 2.45) is 11.3 Å². The monoisotopic (exact) mass is 377 g/mol. The van der Waals surface area contributed by atoms with Gasteiger partial charge in [-0.3, -0.25) is 4.79 Å². The Morgan fingerprint density at radius 1 is 1.24 bits per heavy atom. The maximum absolute atomic E-state index is 13.4. The van der Waals surface area contributed by atoms with Gasteiger partial charge in [0.05, 0.1) is 17.0 Å². The molecule has 2 aliphatic rings. The maximum Gasteiger partial charge on any atom is 0.173 e. The summed E-state index contributed by atoms with van der Waals surface area (Å²) in [6.45, 7) is 5.78. The molecule has 4 rings (SSSR count). The Morgan fingerprint density at radius 3 is 2.83 bits per heavy atom. The van der Waals surface area contributed by atoms with Gasteiger partial charge in [-0.25, -0.2) is 0 Å². The van der Waals surface area contributed by atoms with Crippen LogP contribution < -0.4 is 0 Å². The summed E-state index contributed by atoms with van der Waals surface area (Å²) in [4.78, 5) is 13.4. The SMILES string of the molecule is C=C/C=C\C(=C/C)C1C=CC2(Cc3ccc(-c4cccc(C#N)c4)cc3C2=O)C1. The number of hydrogen-bond acceptors (Lipinski definition) is 2. The molecule has 0 aliphatic heterocycles. The van der Waals surface area contributed by atoms with Crippen LogP contribution in [0.25, 0.3) is 11.1 Å². The molecule has 0 fully saturated rings. The summed E-state index contributed by atoms with van der Waals surface area (Å²) in [5.41, 5.74) is 5.28. The summed E-state index contributed by atoms with van der Waals surface area (Å²) < 4.78 is 0. The Morgan fingerprint density at radius 2 is 2.07 bits per heavy atom. The number of Topliss-reactive ketones (excluding diaryl/α,β-unsaturated/α-hetero) is 1. The molecule has 0 radical (unpaired) electrons. The van der Waals surface area contributed by atoms with Crippen LogP contribution in [0.2, 0.25) is 0 Å². The standard InChI is InChI=1S/C27H23NO/c1-3-5-8-20(4-2)23-12-13-27(16-23)17-24-11-10-22(15-25(24)26(27)29)21-9-6-7-19(14-21)18-28/h3-15,23H,1,16-17H2,2H3/b8-5-,20-4+. The van der Waals surface area contributed by atoms with Crippen molar-refractivity contribution in [3.8, 4) is 17.2 Å². The van der Waals surface area contributed by atoms with Crippen LogP contribution >= 0.6 is 0 Å². The second kappa shape index (κ2) is 7.53. The zero-order valence-electron chi connectivity index (χ0n) is 16.6. The average Bonchev–Trinajstić information content (AvgIpc) is 3.30. The van der Waals surface area contributed by atoms with E-state index in [1.54, 1.807) is 12.1 Å². The lowest BCUT2D eigenvalue weighted by molar-refractivity contribution is 0.0868. The van der Waals surface area contributed by atoms with E-state index >= 15 is 0 Å². The van der Waals surface area contributed by atoms with Crippen molar-refractivity contribution in [2.75, 3.05) is 0 Å². The lowest BCUT2D eigenvalue weighted by atomic mass is 9.80. The predicted molar refractivity (Wildman–Crippen MR) is 117 cm³/mol. The Balaban J connectivity index is 1.63. The van der Waals surface area contributed by atoms with Crippen molar-refractivity contribution in [2.45, 2.75) is 19.8 Å². The van der Waals surface area contributed by atoms with Gasteiger partial charge in [-0.05, 0) is 60.2 Å². The van der Waals surface area contributed by atoms with Gasteiger partial charge in [0, 0.05) is 11.5 Å². The van der Waals surface area contributed by atoms with Crippen LogP contribution in [0.15, 0.2) is 91.1 Å². The lowest BCUT2D eigenvalue weighted by Gasteiger charge is -2.21. The van der Waals surface area contributed by atoms with E-state index in [2.05, 4.69) is 49.1 Å². The molecule has 29 heavy (non-hydrogen) atoms. The normalized spacial score (nSPS) is 23.0. The van der Waals surface area contributed by atoms with Gasteiger partial charge in [-0.15, -0.1) is 0 Å². The quantitative estimate of drug-likeness (QED) is 0.469. The number of carbonyl (C=O) groups excluding carboxylic acids is 1. The molecule has 2 aromatic rings. The first-order valence-corrected chi connectivity index (χ1v) is 9.93. The Bertz CT molecular complexity index is 1130. The number of ketones is 1. The number of hydrogen-bond donors (Lipinski definition) is 0. The molecular weight excluding hydrogens is 354 g/mol. The Hall–Kier alpha value is -3.44. The molecule has 0 aromatic heterocycles. The molecule has 1 spiro atoms. The van der Waals surface area contributed by atoms with Gasteiger partial charge in [0.1, 0.15) is 0 Å². The highest BCUT2D eigenvalue weighted by molar-refractivity contribution is 6.07. The van der Waals surface area contributed by atoms with Gasteiger partial charge in [-0.2, -0.15) is 5.26 Å². The number of rotatable bonds is 4. The summed E-state index contributed by atoms with van der Waals surface area (Å²) in [5.74, 6) is 0.467. The largest absolute Gasteiger partial charge is 0.293 e. The molecule has 2 unspecified atom stereocenters. The van der Waals surface area contributed by atoms with E-state index < -0.39 is 5.41 Å². The minimum Gasteiger partial charge on any atom is -0.293 e. The third-order valence-corrected chi connectivity index (χ3v) is 6.06. The topological polar surface area (TPSA) is 40.9 Å². The smallest absolute Gasteiger partial charge is 0.173 e. The first-order valence-electron chi connectivity index (χ1n) is 9.93. The molecule has 142 valence electrons. The van der Waals surface area contributed by atoms with Crippen molar-refractivity contribution >= 4 is 5.78 Å². The van der Waals surface area contributed by atoms with Crippen molar-refractivity contribution in [1.29, 1.82) is 5.26 Å². The summed E-state index contributed by atoms with van der Waals surface area (Å²) in [5, 5.41) is 9.16. The first-order chi connectivity index (χ1) is 14.1. The van der Waals surface area contributed by atoms with Crippen molar-refractivity contribution in [3.63, 3.8) is 0 Å². The third-order valence-electron chi connectivity index (χ3n) is 6.06. The van der Waals surface area contributed by atoms with E-state index in [0.29, 0.717) is 5.56 Å². The van der Waals surface area contributed by atoms with Gasteiger partial charge in [0.2, 0.25) is 0 Å². The molecule has 2 aromatic carbocycles. The molecule has 0 saturated heterocycles. The zero-order valence-corrected chi connectivity index (χ0v) is 16.6. The van der Waals surface area contributed by atoms with Crippen LogP contribution in [0.3, 0.4) is 0 Å². The predicted octanol–water partition coefficient (Wildman–Crippen LogP) is 6.22. The second-order valence-corrected chi connectivity index (χ2v) is 7.78. The molecule has 0 saturated carbocycles. The van der Waals surface area contributed by atoms with Crippen LogP contribution in [-0.4, -0.2) is 5.78 Å². The molecule has 0 heterocycles. The number of benzene rings is 2. The molecule has 2 nitrogen and oxygen atoms in total. The first kappa shape index (κ1) is 18.9. The minimum atomic E-state index is -0.434. The van der Waals surface area contributed by atoms with E-state index in [-0.39, 0.29) is 11.7 Å². The fourth-order valence-electron chi connectivity index (χ4n) is 4.55. The van der Waals surface area contributed by atoms with Gasteiger partial charge in [-0.1, -0.05) is 67.3 Å². The number of nitriles is 1. The number of allylic oxidation sites excluding steroid dienone is 7. The van der Waals surface area contributed by atoms with Crippen LogP contribution in [0.4, 0.5) is 0 Å². The zero-order chi connectivity index (χ0) is 20.4. The Labute approximate surface area is 172 Å². The lowest BCUT2D eigenvalue weighted by Crippen LogP contribution is -2.24. The molecule has 2 heteroatoms.